The molecule has 0 aliphatic carbocycles. The maximum atomic E-state index is 12.8. The van der Waals surface area contributed by atoms with Crippen LogP contribution in [-0.4, -0.2) is 59.9 Å². The molecule has 1 saturated heterocycles. The Morgan fingerprint density at radius 1 is 1.31 bits per heavy atom. The summed E-state index contributed by atoms with van der Waals surface area (Å²) in [6.07, 6.45) is 3.56. The molecule has 1 atom stereocenters. The van der Waals surface area contributed by atoms with Crippen LogP contribution >= 0.6 is 11.6 Å². The first-order valence-electron chi connectivity index (χ1n) is 9.16. The maximum Gasteiger partial charge on any atom is 0.253 e. The van der Waals surface area contributed by atoms with Gasteiger partial charge in [0.25, 0.3) is 5.91 Å². The second kappa shape index (κ2) is 8.91. The molecule has 1 fully saturated rings. The molecule has 0 radical (unpaired) electrons. The van der Waals surface area contributed by atoms with Gasteiger partial charge in [-0.05, 0) is 36.8 Å². The summed E-state index contributed by atoms with van der Waals surface area (Å²) in [4.78, 5) is 36.4. The van der Waals surface area contributed by atoms with Crippen molar-refractivity contribution < 1.29 is 9.59 Å². The van der Waals surface area contributed by atoms with Gasteiger partial charge in [0.05, 0.1) is 6.20 Å². The van der Waals surface area contributed by atoms with Crippen LogP contribution in [0.15, 0.2) is 43.1 Å². The van der Waals surface area contributed by atoms with Crippen molar-refractivity contribution in [1.82, 2.24) is 14.9 Å². The smallest absolute Gasteiger partial charge is 0.253 e. The van der Waals surface area contributed by atoms with Crippen molar-refractivity contribution in [3.63, 3.8) is 0 Å². The van der Waals surface area contributed by atoms with E-state index in [1.54, 1.807) is 35.4 Å². The van der Waals surface area contributed by atoms with Crippen LogP contribution in [0, 0.1) is 0 Å². The molecular formula is C20H23ClN6O2. The van der Waals surface area contributed by atoms with Crippen LogP contribution in [0.4, 0.5) is 17.5 Å². The van der Waals surface area contributed by atoms with E-state index >= 15 is 0 Å². The summed E-state index contributed by atoms with van der Waals surface area (Å²) >= 11 is 6.11. The quantitative estimate of drug-likeness (QED) is 0.706. The third kappa shape index (κ3) is 5.03. The van der Waals surface area contributed by atoms with E-state index in [1.165, 1.54) is 6.08 Å². The third-order valence-electron chi connectivity index (χ3n) is 4.54. The topological polar surface area (TPSA) is 90.5 Å². The zero-order chi connectivity index (χ0) is 21.0. The molecule has 1 aliphatic heterocycles. The number of carbonyl (C=O) groups excluding carboxylic acids is 2. The first-order valence-corrected chi connectivity index (χ1v) is 9.54. The Balaban J connectivity index is 1.60. The Morgan fingerprint density at radius 3 is 2.69 bits per heavy atom. The summed E-state index contributed by atoms with van der Waals surface area (Å²) in [7, 11) is 3.73. The zero-order valence-electron chi connectivity index (χ0n) is 16.4. The van der Waals surface area contributed by atoms with Gasteiger partial charge in [0.15, 0.2) is 5.82 Å². The number of halogens is 1. The molecule has 1 aliphatic rings. The van der Waals surface area contributed by atoms with Crippen LogP contribution in [0.1, 0.15) is 16.8 Å². The Labute approximate surface area is 174 Å². The van der Waals surface area contributed by atoms with Crippen molar-refractivity contribution in [2.24, 2.45) is 0 Å². The molecule has 2 N–H and O–H groups in total. The monoisotopic (exact) mass is 414 g/mol. The molecule has 0 saturated carbocycles. The molecule has 1 aromatic carbocycles. The summed E-state index contributed by atoms with van der Waals surface area (Å²) in [6.45, 7) is 4.60. The highest BCUT2D eigenvalue weighted by atomic mass is 35.5. The third-order valence-corrected chi connectivity index (χ3v) is 4.81. The SMILES string of the molecule is C=CC(=O)Nc1ccc(C(=O)N2CC[C@H](Nc3ncc(Cl)c(N(C)C)n3)C2)cc1. The lowest BCUT2D eigenvalue weighted by atomic mass is 10.2. The van der Waals surface area contributed by atoms with Gasteiger partial charge in [-0.2, -0.15) is 4.98 Å². The lowest BCUT2D eigenvalue weighted by Crippen LogP contribution is -2.32. The Hall–Kier alpha value is -3.13. The van der Waals surface area contributed by atoms with Crippen LogP contribution < -0.4 is 15.5 Å². The van der Waals surface area contributed by atoms with Crippen molar-refractivity contribution in [1.29, 1.82) is 0 Å². The highest BCUT2D eigenvalue weighted by molar-refractivity contribution is 6.32. The number of aromatic nitrogens is 2. The number of nitrogens with zero attached hydrogens (tertiary/aromatic N) is 4. The van der Waals surface area contributed by atoms with E-state index in [2.05, 4.69) is 27.2 Å². The van der Waals surface area contributed by atoms with Gasteiger partial charge in [-0.15, -0.1) is 0 Å². The average Bonchev–Trinajstić information content (AvgIpc) is 3.17. The van der Waals surface area contributed by atoms with E-state index in [4.69, 9.17) is 11.6 Å². The average molecular weight is 415 g/mol. The molecule has 0 bridgehead atoms. The molecule has 0 unspecified atom stereocenters. The summed E-state index contributed by atoms with van der Waals surface area (Å²) < 4.78 is 0. The number of rotatable bonds is 6. The molecular weight excluding hydrogens is 392 g/mol. The minimum atomic E-state index is -0.292. The van der Waals surface area contributed by atoms with E-state index in [0.717, 1.165) is 6.42 Å². The number of anilines is 3. The Bertz CT molecular complexity index is 916. The molecule has 2 amide bonds. The van der Waals surface area contributed by atoms with Crippen molar-refractivity contribution in [2.45, 2.75) is 12.5 Å². The van der Waals surface area contributed by atoms with Gasteiger partial charge in [0.2, 0.25) is 11.9 Å². The number of carbonyl (C=O) groups is 2. The van der Waals surface area contributed by atoms with E-state index in [9.17, 15) is 9.59 Å². The van der Waals surface area contributed by atoms with Gasteiger partial charge >= 0.3 is 0 Å². The number of likely N-dealkylation sites (tertiary alicyclic amines) is 1. The molecule has 29 heavy (non-hydrogen) atoms. The van der Waals surface area contributed by atoms with Crippen molar-refractivity contribution in [3.05, 3.63) is 53.7 Å². The summed E-state index contributed by atoms with van der Waals surface area (Å²) in [5, 5.41) is 6.42. The van der Waals surface area contributed by atoms with E-state index in [1.807, 2.05) is 19.0 Å². The van der Waals surface area contributed by atoms with E-state index in [-0.39, 0.29) is 17.9 Å². The van der Waals surface area contributed by atoms with Crippen molar-refractivity contribution in [3.8, 4) is 0 Å². The number of hydrogen-bond donors (Lipinski definition) is 2. The minimum absolute atomic E-state index is 0.0538. The highest BCUT2D eigenvalue weighted by Gasteiger charge is 2.27. The molecule has 2 heterocycles. The lowest BCUT2D eigenvalue weighted by Gasteiger charge is -2.18. The number of hydrogen-bond acceptors (Lipinski definition) is 6. The molecule has 8 nitrogen and oxygen atoms in total. The summed E-state index contributed by atoms with van der Waals surface area (Å²) in [5.74, 6) is 0.778. The fourth-order valence-corrected chi connectivity index (χ4v) is 3.32. The molecule has 3 rings (SSSR count). The van der Waals surface area contributed by atoms with Gasteiger partial charge in [0.1, 0.15) is 5.02 Å². The van der Waals surface area contributed by atoms with E-state index < -0.39 is 0 Å². The second-order valence-electron chi connectivity index (χ2n) is 6.91. The predicted octanol–water partition coefficient (Wildman–Crippen LogP) is 2.65. The molecule has 1 aromatic heterocycles. The van der Waals surface area contributed by atoms with E-state index in [0.29, 0.717) is 41.1 Å². The standard InChI is InChI=1S/C20H23ClN6O2/c1-4-17(28)23-14-7-5-13(6-8-14)19(29)27-10-9-15(12-27)24-20-22-11-16(21)18(25-20)26(2)3/h4-8,11,15H,1,9-10,12H2,2-3H3,(H,23,28)(H,22,24,25)/t15-/m0/s1. The fraction of sp³-hybridized carbons (Fsp3) is 0.300. The Morgan fingerprint density at radius 2 is 2.03 bits per heavy atom. The van der Waals surface area contributed by atoms with Gasteiger partial charge in [-0.1, -0.05) is 18.2 Å². The number of nitrogens with one attached hydrogen (secondary N) is 2. The van der Waals surface area contributed by atoms with Crippen molar-refractivity contribution >= 4 is 40.9 Å². The van der Waals surface area contributed by atoms with Gasteiger partial charge < -0.3 is 20.4 Å². The van der Waals surface area contributed by atoms with Gasteiger partial charge in [-0.25, -0.2) is 4.98 Å². The second-order valence-corrected chi connectivity index (χ2v) is 7.32. The first kappa shape index (κ1) is 20.6. The largest absolute Gasteiger partial charge is 0.361 e. The van der Waals surface area contributed by atoms with Crippen LogP contribution in [0.2, 0.25) is 5.02 Å². The summed E-state index contributed by atoms with van der Waals surface area (Å²) in [6, 6.07) is 6.86. The molecule has 0 spiro atoms. The number of benzene rings is 1. The predicted molar refractivity (Wildman–Crippen MR) is 115 cm³/mol. The number of amides is 2. The molecule has 2 aromatic rings. The Kier molecular flexibility index (Phi) is 6.33. The molecule has 9 heteroatoms. The van der Waals surface area contributed by atoms with Gasteiger partial charge in [-0.3, -0.25) is 9.59 Å². The minimum Gasteiger partial charge on any atom is -0.361 e. The highest BCUT2D eigenvalue weighted by Crippen LogP contribution is 2.23. The van der Waals surface area contributed by atoms with Gasteiger partial charge in [0, 0.05) is 44.5 Å². The fourth-order valence-electron chi connectivity index (χ4n) is 3.06. The maximum absolute atomic E-state index is 12.8. The van der Waals surface area contributed by atoms with Crippen LogP contribution in [0.25, 0.3) is 0 Å². The zero-order valence-corrected chi connectivity index (χ0v) is 17.1. The normalized spacial score (nSPS) is 15.7. The van der Waals surface area contributed by atoms with Crippen LogP contribution in [0.3, 0.4) is 0 Å². The molecule has 152 valence electrons. The summed E-state index contributed by atoms with van der Waals surface area (Å²) in [5.41, 5.74) is 1.18. The van der Waals surface area contributed by atoms with Crippen LogP contribution in [-0.2, 0) is 4.79 Å². The first-order chi connectivity index (χ1) is 13.9. The van der Waals surface area contributed by atoms with Crippen molar-refractivity contribution in [2.75, 3.05) is 42.7 Å². The lowest BCUT2D eigenvalue weighted by molar-refractivity contribution is -0.111. The van der Waals surface area contributed by atoms with Crippen LogP contribution in [0.5, 0.6) is 0 Å².